The predicted octanol–water partition coefficient (Wildman–Crippen LogP) is 6.71. The van der Waals surface area contributed by atoms with E-state index in [1.54, 1.807) is 6.92 Å². The fourth-order valence-electron chi connectivity index (χ4n) is 3.83. The fraction of sp³-hybridized carbons (Fsp3) is 0.920. The van der Waals surface area contributed by atoms with Crippen LogP contribution in [0.5, 0.6) is 0 Å². The number of nitrogens with one attached hydrogen (secondary N) is 1. The average Bonchev–Trinajstić information content (AvgIpc) is 2.66. The maximum absolute atomic E-state index is 11.9. The molecule has 29 heavy (non-hydrogen) atoms. The highest BCUT2D eigenvalue weighted by atomic mass is 16.5. The summed E-state index contributed by atoms with van der Waals surface area (Å²) >= 11 is 0. The van der Waals surface area contributed by atoms with Gasteiger partial charge in [0.25, 0.3) is 0 Å². The third kappa shape index (κ3) is 13.7. The van der Waals surface area contributed by atoms with Crippen LogP contribution in [0.4, 0.5) is 0 Å². The van der Waals surface area contributed by atoms with E-state index in [4.69, 9.17) is 4.74 Å². The van der Waals surface area contributed by atoms with E-state index in [-0.39, 0.29) is 17.8 Å². The van der Waals surface area contributed by atoms with Crippen LogP contribution in [0.15, 0.2) is 0 Å². The Balaban J connectivity index is 1.79. The van der Waals surface area contributed by atoms with Gasteiger partial charge in [-0.1, -0.05) is 103 Å². The Bertz CT molecular complexity index is 420. The van der Waals surface area contributed by atoms with Gasteiger partial charge in [-0.15, -0.1) is 0 Å². The van der Waals surface area contributed by atoms with E-state index in [0.717, 1.165) is 32.1 Å². The van der Waals surface area contributed by atoms with Crippen LogP contribution in [0.3, 0.4) is 0 Å². The summed E-state index contributed by atoms with van der Waals surface area (Å²) < 4.78 is 5.30. The molecule has 1 aliphatic rings. The van der Waals surface area contributed by atoms with E-state index in [1.807, 2.05) is 0 Å². The van der Waals surface area contributed by atoms with E-state index < -0.39 is 6.04 Å². The van der Waals surface area contributed by atoms with Gasteiger partial charge in [-0.2, -0.15) is 0 Å². The molecule has 1 fully saturated rings. The number of rotatable bonds is 19. The molecule has 0 saturated heterocycles. The molecular weight excluding hydrogens is 362 g/mol. The minimum atomic E-state index is -0.528. The van der Waals surface area contributed by atoms with Crippen LogP contribution in [0.2, 0.25) is 0 Å². The van der Waals surface area contributed by atoms with Gasteiger partial charge >= 0.3 is 5.97 Å². The normalized spacial score (nSPS) is 15.0. The number of esters is 1. The molecule has 0 spiro atoms. The average molecular weight is 410 g/mol. The van der Waals surface area contributed by atoms with Crippen molar-refractivity contribution in [1.29, 1.82) is 0 Å². The highest BCUT2D eigenvalue weighted by Crippen LogP contribution is 2.26. The predicted molar refractivity (Wildman–Crippen MR) is 121 cm³/mol. The van der Waals surface area contributed by atoms with E-state index >= 15 is 0 Å². The summed E-state index contributed by atoms with van der Waals surface area (Å²) in [6.45, 7) is 4.46. The molecule has 0 bridgehead atoms. The minimum Gasteiger partial charge on any atom is -0.464 e. The Hall–Kier alpha value is -1.06. The molecule has 1 N–H and O–H groups in total. The highest BCUT2D eigenvalue weighted by Gasteiger charge is 2.27. The van der Waals surface area contributed by atoms with Crippen molar-refractivity contribution in [2.45, 2.75) is 135 Å². The largest absolute Gasteiger partial charge is 0.464 e. The van der Waals surface area contributed by atoms with Gasteiger partial charge in [0.1, 0.15) is 6.04 Å². The van der Waals surface area contributed by atoms with E-state index in [2.05, 4.69) is 12.2 Å². The van der Waals surface area contributed by atoms with Gasteiger partial charge < -0.3 is 10.1 Å². The first-order valence-electron chi connectivity index (χ1n) is 12.6. The van der Waals surface area contributed by atoms with Crippen molar-refractivity contribution in [3.63, 3.8) is 0 Å². The smallest absolute Gasteiger partial charge is 0.328 e. The monoisotopic (exact) mass is 409 g/mol. The SMILES string of the molecule is CCCCCCCCCCCCCCCCCOC(=O)C(C)NC(=O)C1CCC1. The van der Waals surface area contributed by atoms with Crippen LogP contribution < -0.4 is 5.32 Å². The van der Waals surface area contributed by atoms with Gasteiger partial charge in [-0.25, -0.2) is 4.79 Å². The summed E-state index contributed by atoms with van der Waals surface area (Å²) in [6.07, 6.45) is 22.9. The van der Waals surface area contributed by atoms with Crippen LogP contribution in [0.25, 0.3) is 0 Å². The molecule has 4 heteroatoms. The van der Waals surface area contributed by atoms with Gasteiger partial charge in [-0.3, -0.25) is 4.79 Å². The summed E-state index contributed by atoms with van der Waals surface area (Å²) in [4.78, 5) is 23.8. The van der Waals surface area contributed by atoms with Crippen molar-refractivity contribution < 1.29 is 14.3 Å². The zero-order valence-electron chi connectivity index (χ0n) is 19.3. The number of ether oxygens (including phenoxy) is 1. The zero-order chi connectivity index (χ0) is 21.2. The van der Waals surface area contributed by atoms with Crippen LogP contribution >= 0.6 is 0 Å². The Labute approximate surface area is 179 Å². The fourth-order valence-corrected chi connectivity index (χ4v) is 3.83. The quantitative estimate of drug-likeness (QED) is 0.191. The van der Waals surface area contributed by atoms with Crippen LogP contribution in [0.1, 0.15) is 129 Å². The maximum Gasteiger partial charge on any atom is 0.328 e. The van der Waals surface area contributed by atoms with Gasteiger partial charge in [0.05, 0.1) is 6.61 Å². The van der Waals surface area contributed by atoms with E-state index in [0.29, 0.717) is 6.61 Å². The van der Waals surface area contributed by atoms with E-state index in [9.17, 15) is 9.59 Å². The highest BCUT2D eigenvalue weighted by molar-refractivity contribution is 5.85. The van der Waals surface area contributed by atoms with Crippen molar-refractivity contribution in [1.82, 2.24) is 5.32 Å². The first kappa shape index (κ1) is 26.0. The topological polar surface area (TPSA) is 55.4 Å². The molecular formula is C25H47NO3. The first-order chi connectivity index (χ1) is 14.1. The molecule has 1 atom stereocenters. The number of amides is 1. The molecule has 4 nitrogen and oxygen atoms in total. The second-order valence-electron chi connectivity index (χ2n) is 8.98. The van der Waals surface area contributed by atoms with Gasteiger partial charge in [0.15, 0.2) is 0 Å². The summed E-state index contributed by atoms with van der Waals surface area (Å²) in [6, 6.07) is -0.528. The van der Waals surface area contributed by atoms with Gasteiger partial charge in [0, 0.05) is 5.92 Å². The zero-order valence-corrected chi connectivity index (χ0v) is 19.3. The van der Waals surface area contributed by atoms with Crippen LogP contribution in [0, 0.1) is 5.92 Å². The van der Waals surface area contributed by atoms with Gasteiger partial charge in [0.2, 0.25) is 5.91 Å². The standard InChI is InChI=1S/C25H47NO3/c1-3-4-5-6-7-8-9-10-11-12-13-14-15-16-17-21-29-25(28)22(2)26-24(27)23-19-18-20-23/h22-23H,3-21H2,1-2H3,(H,26,27). The lowest BCUT2D eigenvalue weighted by atomic mass is 9.84. The number of unbranched alkanes of at least 4 members (excludes halogenated alkanes) is 14. The van der Waals surface area contributed by atoms with Crippen molar-refractivity contribution in [2.75, 3.05) is 6.61 Å². The van der Waals surface area contributed by atoms with Crippen LogP contribution in [-0.2, 0) is 14.3 Å². The Morgan fingerprint density at radius 1 is 0.793 bits per heavy atom. The molecule has 170 valence electrons. The molecule has 1 amide bonds. The molecule has 0 radical (unpaired) electrons. The summed E-state index contributed by atoms with van der Waals surface area (Å²) in [5.41, 5.74) is 0. The molecule has 0 aromatic rings. The summed E-state index contributed by atoms with van der Waals surface area (Å²) in [5.74, 6) is -0.184. The maximum atomic E-state index is 11.9. The molecule has 1 aliphatic carbocycles. The molecule has 1 unspecified atom stereocenters. The molecule has 0 aromatic carbocycles. The third-order valence-corrected chi connectivity index (χ3v) is 6.18. The molecule has 0 aliphatic heterocycles. The van der Waals surface area contributed by atoms with Crippen LogP contribution in [-0.4, -0.2) is 24.5 Å². The second kappa shape index (κ2) is 17.8. The Morgan fingerprint density at radius 3 is 1.66 bits per heavy atom. The Morgan fingerprint density at radius 2 is 1.24 bits per heavy atom. The van der Waals surface area contributed by atoms with Gasteiger partial charge in [-0.05, 0) is 26.2 Å². The number of hydrogen-bond acceptors (Lipinski definition) is 3. The Kier molecular flexibility index (Phi) is 15.9. The molecule has 1 saturated carbocycles. The summed E-state index contributed by atoms with van der Waals surface area (Å²) in [5, 5.41) is 2.77. The van der Waals surface area contributed by atoms with E-state index in [1.165, 1.54) is 83.5 Å². The second-order valence-corrected chi connectivity index (χ2v) is 8.98. The summed E-state index contributed by atoms with van der Waals surface area (Å²) in [7, 11) is 0. The number of carbonyl (C=O) groups is 2. The molecule has 1 rings (SSSR count). The number of carbonyl (C=O) groups excluding carboxylic acids is 2. The molecule has 0 heterocycles. The van der Waals surface area contributed by atoms with Crippen molar-refractivity contribution in [2.24, 2.45) is 5.92 Å². The third-order valence-electron chi connectivity index (χ3n) is 6.18. The lowest BCUT2D eigenvalue weighted by molar-refractivity contribution is -0.148. The van der Waals surface area contributed by atoms with Crippen molar-refractivity contribution >= 4 is 11.9 Å². The van der Waals surface area contributed by atoms with Crippen molar-refractivity contribution in [3.8, 4) is 0 Å². The number of hydrogen-bond donors (Lipinski definition) is 1. The minimum absolute atomic E-state index is 0.00711. The van der Waals surface area contributed by atoms with Crippen molar-refractivity contribution in [3.05, 3.63) is 0 Å². The first-order valence-corrected chi connectivity index (χ1v) is 12.6. The lowest BCUT2D eigenvalue weighted by Gasteiger charge is -2.25. The molecule has 0 aromatic heterocycles. The lowest BCUT2D eigenvalue weighted by Crippen LogP contribution is -2.44.